The summed E-state index contributed by atoms with van der Waals surface area (Å²) in [7, 11) is 0. The number of anilines is 1. The van der Waals surface area contributed by atoms with Crippen LogP contribution in [-0.2, 0) is 24.5 Å². The van der Waals surface area contributed by atoms with Crippen molar-refractivity contribution in [2.24, 2.45) is 5.92 Å². The number of hydrogen-bond donors (Lipinski definition) is 4. The third-order valence-electron chi connectivity index (χ3n) is 11.6. The summed E-state index contributed by atoms with van der Waals surface area (Å²) in [5.74, 6) is 3.58. The molecule has 0 bridgehead atoms. The second-order valence-electron chi connectivity index (χ2n) is 14.8. The molecule has 8 rings (SSSR count). The first-order chi connectivity index (χ1) is 26.2. The fraction of sp³-hybridized carbons (Fsp3) is 0.311. The van der Waals surface area contributed by atoms with Crippen LogP contribution in [0.2, 0.25) is 0 Å². The molecule has 1 spiro atoms. The van der Waals surface area contributed by atoms with E-state index in [9.17, 15) is 19.8 Å². The lowest BCUT2D eigenvalue weighted by Gasteiger charge is -2.46. The molecule has 0 radical (unpaired) electrons. The molecule has 4 aromatic rings. The zero-order valence-corrected chi connectivity index (χ0v) is 29.9. The standard InChI is InChI=1S/C45H43N3O6/c1-2-27-46-41(50)36-38-42(51)54-39(31-15-9-6-10-16-31)37(30-13-7-5-8-14-30)48(38)40(32-18-20-33(49)21-19-32)45(36)34-28-29(17-22-35(34)47-43(45)52)23-26-44(53)24-11-3-4-12-25-44/h2,5-10,13-22,28,36-40,49,53H,1,3-4,11-12,24-25,27H2,(H,46,50)(H,47,52). The van der Waals surface area contributed by atoms with Crippen molar-refractivity contribution < 1.29 is 29.3 Å². The smallest absolute Gasteiger partial charge is 0.324 e. The highest BCUT2D eigenvalue weighted by atomic mass is 16.6. The van der Waals surface area contributed by atoms with E-state index in [-0.39, 0.29) is 12.3 Å². The van der Waals surface area contributed by atoms with Gasteiger partial charge in [-0.05, 0) is 78.3 Å². The summed E-state index contributed by atoms with van der Waals surface area (Å²) in [5, 5.41) is 27.9. The molecule has 3 fully saturated rings. The van der Waals surface area contributed by atoms with Gasteiger partial charge >= 0.3 is 5.97 Å². The first kappa shape index (κ1) is 35.3. The van der Waals surface area contributed by atoms with Gasteiger partial charge in [0.2, 0.25) is 11.8 Å². The number of phenolic OH excluding ortho intramolecular Hbond substituents is 1. The Labute approximate surface area is 315 Å². The highest BCUT2D eigenvalue weighted by molar-refractivity contribution is 6.12. The summed E-state index contributed by atoms with van der Waals surface area (Å²) in [4.78, 5) is 46.6. The summed E-state index contributed by atoms with van der Waals surface area (Å²) >= 11 is 0. The molecule has 4 N–H and O–H groups in total. The van der Waals surface area contributed by atoms with Gasteiger partial charge in [0.25, 0.3) is 0 Å². The van der Waals surface area contributed by atoms with Gasteiger partial charge in [0.1, 0.15) is 28.9 Å². The van der Waals surface area contributed by atoms with Crippen molar-refractivity contribution >= 4 is 23.5 Å². The Morgan fingerprint density at radius 2 is 1.56 bits per heavy atom. The Kier molecular flexibility index (Phi) is 9.34. The van der Waals surface area contributed by atoms with Crippen molar-refractivity contribution in [1.82, 2.24) is 10.2 Å². The predicted octanol–water partition coefficient (Wildman–Crippen LogP) is 6.40. The number of fused-ring (bicyclic) bond motifs is 3. The van der Waals surface area contributed by atoms with Crippen LogP contribution in [0.5, 0.6) is 5.75 Å². The summed E-state index contributed by atoms with van der Waals surface area (Å²) in [6.07, 6.45) is 5.85. The third-order valence-corrected chi connectivity index (χ3v) is 11.6. The van der Waals surface area contributed by atoms with Crippen LogP contribution in [0.25, 0.3) is 0 Å². The first-order valence-corrected chi connectivity index (χ1v) is 18.7. The molecular weight excluding hydrogens is 679 g/mol. The van der Waals surface area contributed by atoms with E-state index in [2.05, 4.69) is 29.1 Å². The molecular formula is C45H43N3O6. The van der Waals surface area contributed by atoms with Crippen molar-refractivity contribution in [3.63, 3.8) is 0 Å². The van der Waals surface area contributed by atoms with Gasteiger partial charge in [-0.2, -0.15) is 0 Å². The Morgan fingerprint density at radius 1 is 0.889 bits per heavy atom. The third kappa shape index (κ3) is 5.96. The van der Waals surface area contributed by atoms with E-state index in [0.29, 0.717) is 35.2 Å². The molecule has 274 valence electrons. The van der Waals surface area contributed by atoms with Crippen molar-refractivity contribution in [2.45, 2.75) is 73.8 Å². The number of benzene rings is 4. The van der Waals surface area contributed by atoms with Crippen molar-refractivity contribution in [3.8, 4) is 17.6 Å². The van der Waals surface area contributed by atoms with E-state index < -0.39 is 58.9 Å². The molecule has 4 aliphatic rings. The maximum Gasteiger partial charge on any atom is 0.324 e. The number of aliphatic hydroxyl groups is 1. The molecule has 2 saturated heterocycles. The van der Waals surface area contributed by atoms with E-state index in [1.165, 1.54) is 0 Å². The molecule has 0 aromatic heterocycles. The number of morpholine rings is 1. The number of nitrogens with one attached hydrogen (secondary N) is 2. The minimum absolute atomic E-state index is 0.0349. The Morgan fingerprint density at radius 3 is 2.22 bits per heavy atom. The average Bonchev–Trinajstić information content (AvgIpc) is 3.55. The lowest BCUT2D eigenvalue weighted by molar-refractivity contribution is -0.178. The van der Waals surface area contributed by atoms with Crippen LogP contribution >= 0.6 is 0 Å². The van der Waals surface area contributed by atoms with Gasteiger partial charge in [-0.25, -0.2) is 0 Å². The molecule has 1 saturated carbocycles. The quantitative estimate of drug-likeness (QED) is 0.0786. The minimum atomic E-state index is -1.67. The number of phenols is 1. The van der Waals surface area contributed by atoms with Crippen LogP contribution in [0.3, 0.4) is 0 Å². The van der Waals surface area contributed by atoms with Gasteiger partial charge in [-0.15, -0.1) is 6.58 Å². The number of carbonyl (C=O) groups is 3. The van der Waals surface area contributed by atoms with Crippen LogP contribution in [0.15, 0.2) is 116 Å². The van der Waals surface area contributed by atoms with Crippen molar-refractivity contribution in [1.29, 1.82) is 0 Å². The summed E-state index contributed by atoms with van der Waals surface area (Å²) < 4.78 is 6.42. The molecule has 4 aromatic carbocycles. The van der Waals surface area contributed by atoms with Gasteiger partial charge in [0, 0.05) is 17.8 Å². The Hall–Kier alpha value is -5.69. The summed E-state index contributed by atoms with van der Waals surface area (Å²) in [5.41, 5.74) is 1.05. The van der Waals surface area contributed by atoms with Crippen molar-refractivity contribution in [2.75, 3.05) is 11.9 Å². The maximum atomic E-state index is 15.1. The number of cyclic esters (lactones) is 1. The molecule has 3 heterocycles. The van der Waals surface area contributed by atoms with E-state index in [4.69, 9.17) is 4.74 Å². The topological polar surface area (TPSA) is 128 Å². The molecule has 1 aliphatic carbocycles. The van der Waals surface area contributed by atoms with Gasteiger partial charge < -0.3 is 25.6 Å². The van der Waals surface area contributed by atoms with E-state index in [1.807, 2.05) is 77.7 Å². The van der Waals surface area contributed by atoms with Gasteiger partial charge in [-0.1, -0.05) is 104 Å². The molecule has 6 unspecified atom stereocenters. The fourth-order valence-corrected chi connectivity index (χ4v) is 9.24. The Bertz CT molecular complexity index is 2130. The largest absolute Gasteiger partial charge is 0.508 e. The zero-order valence-electron chi connectivity index (χ0n) is 29.9. The maximum absolute atomic E-state index is 15.1. The minimum Gasteiger partial charge on any atom is -0.508 e. The lowest BCUT2D eigenvalue weighted by Crippen LogP contribution is -2.54. The number of aromatic hydroxyl groups is 1. The lowest BCUT2D eigenvalue weighted by atomic mass is 9.65. The molecule has 2 amide bonds. The van der Waals surface area contributed by atoms with Crippen LogP contribution in [-0.4, -0.2) is 51.1 Å². The number of rotatable bonds is 6. The number of nitrogens with zero attached hydrogens (tertiary/aromatic N) is 1. The monoisotopic (exact) mass is 721 g/mol. The number of esters is 1. The second-order valence-corrected chi connectivity index (χ2v) is 14.8. The van der Waals surface area contributed by atoms with Gasteiger partial charge in [0.05, 0.1) is 18.0 Å². The fourth-order valence-electron chi connectivity index (χ4n) is 9.24. The molecule has 3 aliphatic heterocycles. The second kappa shape index (κ2) is 14.3. The van der Waals surface area contributed by atoms with E-state index in [0.717, 1.165) is 36.8 Å². The number of carbonyl (C=O) groups excluding carboxylic acids is 3. The van der Waals surface area contributed by atoms with Gasteiger partial charge in [-0.3, -0.25) is 19.3 Å². The highest BCUT2D eigenvalue weighted by Gasteiger charge is 2.74. The molecule has 9 nitrogen and oxygen atoms in total. The zero-order chi connectivity index (χ0) is 37.5. The molecule has 6 atom stereocenters. The number of amides is 2. The SMILES string of the molecule is C=CCNC(=O)C1C2C(=O)OC(c3ccccc3)C(c3ccccc3)N2C(c2ccc(O)cc2)C12C(=O)Nc1ccc(C#CC3(O)CCCCCC3)cc12. The van der Waals surface area contributed by atoms with E-state index >= 15 is 4.79 Å². The molecule has 54 heavy (non-hydrogen) atoms. The van der Waals surface area contributed by atoms with Crippen LogP contribution in [0.4, 0.5) is 5.69 Å². The summed E-state index contributed by atoms with van der Waals surface area (Å²) in [6.45, 7) is 3.90. The van der Waals surface area contributed by atoms with Crippen LogP contribution in [0.1, 0.15) is 84.5 Å². The Balaban J connectivity index is 1.39. The number of hydrogen-bond acceptors (Lipinski definition) is 7. The van der Waals surface area contributed by atoms with Crippen LogP contribution < -0.4 is 10.6 Å². The van der Waals surface area contributed by atoms with Gasteiger partial charge in [0.15, 0.2) is 0 Å². The average molecular weight is 722 g/mol. The van der Waals surface area contributed by atoms with Crippen molar-refractivity contribution in [3.05, 3.63) is 144 Å². The first-order valence-electron chi connectivity index (χ1n) is 18.7. The highest BCUT2D eigenvalue weighted by Crippen LogP contribution is 2.64. The number of ether oxygens (including phenoxy) is 1. The molecule has 9 heteroatoms. The predicted molar refractivity (Wildman–Crippen MR) is 204 cm³/mol. The summed E-state index contributed by atoms with van der Waals surface area (Å²) in [6, 6.07) is 28.5. The van der Waals surface area contributed by atoms with E-state index in [1.54, 1.807) is 36.4 Å². The normalized spacial score (nSPS) is 27.0. The van der Waals surface area contributed by atoms with Crippen LogP contribution in [0, 0.1) is 17.8 Å².